The summed E-state index contributed by atoms with van der Waals surface area (Å²) in [7, 11) is -0.639. The average molecular weight is 443 g/mol. The van der Waals surface area contributed by atoms with Crippen molar-refractivity contribution in [3.8, 4) is 22.8 Å². The zero-order valence-corrected chi connectivity index (χ0v) is 17.8. The third-order valence-corrected chi connectivity index (χ3v) is 6.54. The minimum absolute atomic E-state index is 0.120. The van der Waals surface area contributed by atoms with Gasteiger partial charge in [-0.05, 0) is 42.5 Å². The number of hydrogen-bond acceptors (Lipinski definition) is 7. The van der Waals surface area contributed by atoms with Crippen molar-refractivity contribution in [2.75, 3.05) is 27.3 Å². The van der Waals surface area contributed by atoms with Crippen LogP contribution in [0.2, 0.25) is 0 Å². The smallest absolute Gasteiger partial charge is 0.251 e. The first-order valence-corrected chi connectivity index (χ1v) is 10.9. The number of carbonyl (C=O) groups is 1. The van der Waals surface area contributed by atoms with E-state index >= 15 is 0 Å². The molecule has 31 heavy (non-hydrogen) atoms. The molecule has 10 heteroatoms. The van der Waals surface area contributed by atoms with E-state index in [1.165, 1.54) is 38.4 Å². The highest BCUT2D eigenvalue weighted by molar-refractivity contribution is 7.89. The van der Waals surface area contributed by atoms with Gasteiger partial charge in [0.1, 0.15) is 18.9 Å². The number of aromatic nitrogens is 1. The van der Waals surface area contributed by atoms with Crippen molar-refractivity contribution in [1.29, 1.82) is 0 Å². The minimum atomic E-state index is -3.54. The van der Waals surface area contributed by atoms with Crippen molar-refractivity contribution in [3.05, 3.63) is 59.8 Å². The van der Waals surface area contributed by atoms with Crippen molar-refractivity contribution in [3.63, 3.8) is 0 Å². The third-order valence-electron chi connectivity index (χ3n) is 4.71. The van der Waals surface area contributed by atoms with E-state index in [1.54, 1.807) is 6.07 Å². The highest BCUT2D eigenvalue weighted by Crippen LogP contribution is 2.34. The summed E-state index contributed by atoms with van der Waals surface area (Å²) in [6.07, 6.45) is 0. The molecule has 0 spiro atoms. The van der Waals surface area contributed by atoms with Crippen LogP contribution in [-0.4, -0.2) is 51.1 Å². The Balaban J connectivity index is 1.40. The minimum Gasteiger partial charge on any atom is -0.486 e. The Morgan fingerprint density at radius 1 is 1.03 bits per heavy atom. The first kappa shape index (κ1) is 20.9. The normalized spacial score (nSPS) is 13.3. The second-order valence-electron chi connectivity index (χ2n) is 7.04. The largest absolute Gasteiger partial charge is 0.486 e. The molecule has 4 rings (SSSR count). The number of sulfonamides is 1. The molecule has 2 heterocycles. The van der Waals surface area contributed by atoms with Gasteiger partial charge in [0.2, 0.25) is 10.0 Å². The van der Waals surface area contributed by atoms with E-state index in [-0.39, 0.29) is 17.3 Å². The lowest BCUT2D eigenvalue weighted by Crippen LogP contribution is -2.24. The van der Waals surface area contributed by atoms with Gasteiger partial charge in [-0.1, -0.05) is 5.16 Å². The number of ether oxygens (including phenoxy) is 2. The van der Waals surface area contributed by atoms with Gasteiger partial charge in [0.05, 0.1) is 11.4 Å². The lowest BCUT2D eigenvalue weighted by molar-refractivity contribution is 0.0950. The van der Waals surface area contributed by atoms with E-state index in [4.69, 9.17) is 14.0 Å². The Hall–Kier alpha value is -3.37. The molecule has 162 valence electrons. The van der Waals surface area contributed by atoms with Crippen LogP contribution in [0, 0.1) is 0 Å². The molecule has 1 amide bonds. The summed E-state index contributed by atoms with van der Waals surface area (Å²) >= 11 is 0. The van der Waals surface area contributed by atoms with Crippen LogP contribution in [-0.2, 0) is 16.6 Å². The lowest BCUT2D eigenvalue weighted by atomic mass is 10.1. The van der Waals surface area contributed by atoms with Gasteiger partial charge in [0.25, 0.3) is 5.91 Å². The Morgan fingerprint density at radius 2 is 1.74 bits per heavy atom. The fraction of sp³-hybridized carbons (Fsp3) is 0.238. The standard InChI is InChI=1S/C21H21N3O6S/c1-24(2)31(26,27)17-6-3-14(4-7-17)21(25)22-13-16-12-19(30-23-16)15-5-8-18-20(11-15)29-10-9-28-18/h3-8,11-12H,9-10,13H2,1-2H3,(H,22,25). The van der Waals surface area contributed by atoms with Crippen LogP contribution in [0.4, 0.5) is 0 Å². The molecule has 9 nitrogen and oxygen atoms in total. The Kier molecular flexibility index (Phi) is 5.66. The second kappa shape index (κ2) is 8.40. The molecule has 0 unspecified atom stereocenters. The van der Waals surface area contributed by atoms with Crippen LogP contribution < -0.4 is 14.8 Å². The van der Waals surface area contributed by atoms with Gasteiger partial charge in [-0.25, -0.2) is 12.7 Å². The fourth-order valence-corrected chi connectivity index (χ4v) is 3.89. The predicted molar refractivity (Wildman–Crippen MR) is 111 cm³/mol. The predicted octanol–water partition coefficient (Wildman–Crippen LogP) is 2.29. The summed E-state index contributed by atoms with van der Waals surface area (Å²) in [6.45, 7) is 1.17. The van der Waals surface area contributed by atoms with Gasteiger partial charge in [-0.3, -0.25) is 4.79 Å². The maximum atomic E-state index is 12.4. The molecule has 1 aromatic heterocycles. The number of carbonyl (C=O) groups excluding carboxylic acids is 1. The number of benzene rings is 2. The first-order chi connectivity index (χ1) is 14.8. The van der Waals surface area contributed by atoms with Gasteiger partial charge in [-0.2, -0.15) is 0 Å². The molecule has 0 fully saturated rings. The van der Waals surface area contributed by atoms with Gasteiger partial charge < -0.3 is 19.3 Å². The van der Waals surface area contributed by atoms with Gasteiger partial charge >= 0.3 is 0 Å². The number of hydrogen-bond donors (Lipinski definition) is 1. The van der Waals surface area contributed by atoms with E-state index < -0.39 is 10.0 Å². The summed E-state index contributed by atoms with van der Waals surface area (Å²) in [5.41, 5.74) is 1.67. The van der Waals surface area contributed by atoms with E-state index in [2.05, 4.69) is 10.5 Å². The molecular weight excluding hydrogens is 422 g/mol. The summed E-state index contributed by atoms with van der Waals surface area (Å²) in [4.78, 5) is 12.5. The van der Waals surface area contributed by atoms with E-state index in [0.717, 1.165) is 9.87 Å². The van der Waals surface area contributed by atoms with Crippen LogP contribution in [0.15, 0.2) is 57.9 Å². The number of rotatable bonds is 6. The maximum absolute atomic E-state index is 12.4. The van der Waals surface area contributed by atoms with Gasteiger partial charge in [0.15, 0.2) is 17.3 Å². The molecule has 0 saturated heterocycles. The molecule has 1 N–H and O–H groups in total. The highest BCUT2D eigenvalue weighted by Gasteiger charge is 2.18. The molecule has 0 radical (unpaired) electrons. The van der Waals surface area contributed by atoms with Crippen molar-refractivity contribution in [2.45, 2.75) is 11.4 Å². The molecule has 3 aromatic rings. The highest BCUT2D eigenvalue weighted by atomic mass is 32.2. The number of nitrogens with zero attached hydrogens (tertiary/aromatic N) is 2. The molecule has 0 aliphatic carbocycles. The zero-order valence-electron chi connectivity index (χ0n) is 17.0. The van der Waals surface area contributed by atoms with Crippen molar-refractivity contribution >= 4 is 15.9 Å². The van der Waals surface area contributed by atoms with Crippen molar-refractivity contribution < 1.29 is 27.2 Å². The van der Waals surface area contributed by atoms with E-state index in [0.29, 0.717) is 41.7 Å². The van der Waals surface area contributed by atoms with Crippen LogP contribution in [0.1, 0.15) is 16.1 Å². The van der Waals surface area contributed by atoms with Crippen LogP contribution in [0.3, 0.4) is 0 Å². The van der Waals surface area contributed by atoms with Gasteiger partial charge in [-0.15, -0.1) is 0 Å². The SMILES string of the molecule is CN(C)S(=O)(=O)c1ccc(C(=O)NCc2cc(-c3ccc4c(c3)OCCO4)on2)cc1. The summed E-state index contributed by atoms with van der Waals surface area (Å²) in [5.74, 6) is 1.53. The Bertz CT molecular complexity index is 1200. The van der Waals surface area contributed by atoms with E-state index in [1.807, 2.05) is 18.2 Å². The fourth-order valence-electron chi connectivity index (χ4n) is 2.99. The number of fused-ring (bicyclic) bond motifs is 1. The molecule has 0 saturated carbocycles. The quantitative estimate of drug-likeness (QED) is 0.622. The molecule has 0 bridgehead atoms. The van der Waals surface area contributed by atoms with Crippen LogP contribution >= 0.6 is 0 Å². The van der Waals surface area contributed by atoms with Crippen molar-refractivity contribution in [1.82, 2.24) is 14.8 Å². The van der Waals surface area contributed by atoms with Crippen molar-refractivity contribution in [2.24, 2.45) is 0 Å². The third kappa shape index (κ3) is 4.39. The number of amides is 1. The number of nitrogens with one attached hydrogen (secondary N) is 1. The van der Waals surface area contributed by atoms with Crippen LogP contribution in [0.5, 0.6) is 11.5 Å². The molecule has 1 aliphatic heterocycles. The summed E-state index contributed by atoms with van der Waals surface area (Å²) in [5, 5.41) is 6.73. The maximum Gasteiger partial charge on any atom is 0.251 e. The molecule has 1 aliphatic rings. The monoisotopic (exact) mass is 443 g/mol. The Morgan fingerprint density at radius 3 is 2.45 bits per heavy atom. The first-order valence-electron chi connectivity index (χ1n) is 9.51. The topological polar surface area (TPSA) is 111 Å². The van der Waals surface area contributed by atoms with E-state index in [9.17, 15) is 13.2 Å². The van der Waals surface area contributed by atoms with Crippen LogP contribution in [0.25, 0.3) is 11.3 Å². The lowest BCUT2D eigenvalue weighted by Gasteiger charge is -2.18. The molecule has 0 atom stereocenters. The van der Waals surface area contributed by atoms with Gasteiger partial charge in [0, 0.05) is 31.3 Å². The summed E-state index contributed by atoms with van der Waals surface area (Å²) < 4.78 is 41.8. The second-order valence-corrected chi connectivity index (χ2v) is 9.19. The summed E-state index contributed by atoms with van der Waals surface area (Å²) in [6, 6.07) is 13.0. The average Bonchev–Trinajstić information content (AvgIpc) is 3.26. The Labute approximate surface area is 179 Å². The zero-order chi connectivity index (χ0) is 22.0. The molecule has 2 aromatic carbocycles. The molecular formula is C21H21N3O6S.